The van der Waals surface area contributed by atoms with E-state index in [1.807, 2.05) is 20.9 Å². The molecule has 0 fully saturated rings. The zero-order valence-corrected chi connectivity index (χ0v) is 11.1. The Hall–Kier alpha value is -0.770. The van der Waals surface area contributed by atoms with Gasteiger partial charge in [0.05, 0.1) is 0 Å². The molecule has 0 aliphatic rings. The maximum absolute atomic E-state index is 10.8. The molecule has 4 heteroatoms. The highest BCUT2D eigenvalue weighted by Gasteiger charge is 2.23. The third-order valence-corrected chi connectivity index (χ3v) is 1.98. The van der Waals surface area contributed by atoms with E-state index in [2.05, 4.69) is 31.4 Å². The summed E-state index contributed by atoms with van der Waals surface area (Å²) in [5.41, 5.74) is 0.0861. The highest BCUT2D eigenvalue weighted by Crippen LogP contribution is 2.18. The zero-order valence-electron chi connectivity index (χ0n) is 11.1. The minimum atomic E-state index is -0.385. The molecule has 0 rings (SSSR count). The first-order chi connectivity index (χ1) is 6.91. The Morgan fingerprint density at radius 2 is 1.73 bits per heavy atom. The Kier molecular flexibility index (Phi) is 9.47. The van der Waals surface area contributed by atoms with Gasteiger partial charge in [0.25, 0.3) is 0 Å². The van der Waals surface area contributed by atoms with Gasteiger partial charge < -0.3 is 15.4 Å². The number of ether oxygens (including phenoxy) is 1. The van der Waals surface area contributed by atoms with Gasteiger partial charge in [0.1, 0.15) is 6.61 Å². The van der Waals surface area contributed by atoms with E-state index in [4.69, 9.17) is 4.74 Å². The lowest BCUT2D eigenvalue weighted by Gasteiger charge is -2.29. The molecule has 0 aromatic rings. The van der Waals surface area contributed by atoms with E-state index in [1.165, 1.54) is 0 Å². The van der Waals surface area contributed by atoms with E-state index in [0.717, 1.165) is 0 Å². The van der Waals surface area contributed by atoms with Crippen LogP contribution in [0, 0.1) is 5.41 Å². The van der Waals surface area contributed by atoms with Crippen LogP contribution < -0.4 is 10.6 Å². The molecule has 0 saturated heterocycles. The monoisotopic (exact) mass is 218 g/mol. The summed E-state index contributed by atoms with van der Waals surface area (Å²) in [6.45, 7) is 10.7. The first-order valence-electron chi connectivity index (χ1n) is 5.43. The SMILES string of the molecule is CC.CNC(=O)OCC(NC)C(C)(C)C. The topological polar surface area (TPSA) is 50.4 Å². The Labute approximate surface area is 93.8 Å². The predicted molar refractivity (Wildman–Crippen MR) is 64.1 cm³/mol. The largest absolute Gasteiger partial charge is 0.448 e. The van der Waals surface area contributed by atoms with Crippen LogP contribution in [0.15, 0.2) is 0 Å². The van der Waals surface area contributed by atoms with Crippen LogP contribution in [0.1, 0.15) is 34.6 Å². The number of carbonyl (C=O) groups excluding carboxylic acids is 1. The third kappa shape index (κ3) is 8.24. The van der Waals surface area contributed by atoms with E-state index in [0.29, 0.717) is 6.61 Å². The molecule has 0 radical (unpaired) electrons. The van der Waals surface area contributed by atoms with Gasteiger partial charge in [0, 0.05) is 13.1 Å². The van der Waals surface area contributed by atoms with Gasteiger partial charge in [0.2, 0.25) is 0 Å². The Morgan fingerprint density at radius 1 is 1.27 bits per heavy atom. The van der Waals surface area contributed by atoms with Crippen molar-refractivity contribution in [2.24, 2.45) is 5.41 Å². The maximum atomic E-state index is 10.8. The summed E-state index contributed by atoms with van der Waals surface area (Å²) in [7, 11) is 3.41. The molecule has 0 spiro atoms. The van der Waals surface area contributed by atoms with Crippen LogP contribution in [-0.2, 0) is 4.74 Å². The van der Waals surface area contributed by atoms with Gasteiger partial charge in [-0.15, -0.1) is 0 Å². The summed E-state index contributed by atoms with van der Waals surface area (Å²) in [4.78, 5) is 10.8. The van der Waals surface area contributed by atoms with Crippen molar-refractivity contribution in [1.82, 2.24) is 10.6 Å². The standard InChI is InChI=1S/C9H20N2O2.C2H6/c1-9(2,3)7(10-4)6-13-8(12)11-5;1-2/h7,10H,6H2,1-5H3,(H,11,12);1-2H3. The highest BCUT2D eigenvalue weighted by molar-refractivity contribution is 5.66. The van der Waals surface area contributed by atoms with Crippen molar-refractivity contribution in [1.29, 1.82) is 0 Å². The third-order valence-electron chi connectivity index (χ3n) is 1.98. The second-order valence-electron chi connectivity index (χ2n) is 4.06. The van der Waals surface area contributed by atoms with Gasteiger partial charge >= 0.3 is 6.09 Å². The second-order valence-corrected chi connectivity index (χ2v) is 4.06. The minimum absolute atomic E-state index is 0.0861. The van der Waals surface area contributed by atoms with Crippen molar-refractivity contribution < 1.29 is 9.53 Å². The van der Waals surface area contributed by atoms with Crippen LogP contribution in [0.5, 0.6) is 0 Å². The second kappa shape index (κ2) is 8.53. The molecule has 92 valence electrons. The number of rotatable bonds is 3. The van der Waals surface area contributed by atoms with Gasteiger partial charge in [0.15, 0.2) is 0 Å². The van der Waals surface area contributed by atoms with Crippen molar-refractivity contribution in [3.8, 4) is 0 Å². The molecule has 0 bridgehead atoms. The lowest BCUT2D eigenvalue weighted by Crippen LogP contribution is -2.43. The number of carbonyl (C=O) groups is 1. The van der Waals surface area contributed by atoms with Crippen molar-refractivity contribution in [2.45, 2.75) is 40.7 Å². The van der Waals surface area contributed by atoms with Crippen LogP contribution in [0.25, 0.3) is 0 Å². The van der Waals surface area contributed by atoms with Gasteiger partial charge in [-0.1, -0.05) is 34.6 Å². The fourth-order valence-corrected chi connectivity index (χ4v) is 0.998. The zero-order chi connectivity index (χ0) is 12.5. The first kappa shape index (κ1) is 16.7. The molecule has 2 N–H and O–H groups in total. The number of hydrogen-bond acceptors (Lipinski definition) is 3. The molecular formula is C11H26N2O2. The predicted octanol–water partition coefficient (Wildman–Crippen LogP) is 2.00. The summed E-state index contributed by atoms with van der Waals surface area (Å²) in [6.07, 6.45) is -0.385. The van der Waals surface area contributed by atoms with Crippen LogP contribution in [-0.4, -0.2) is 32.8 Å². The molecule has 0 aliphatic carbocycles. The number of likely N-dealkylation sites (N-methyl/N-ethyl adjacent to an activating group) is 1. The first-order valence-corrected chi connectivity index (χ1v) is 5.43. The molecule has 1 amide bonds. The van der Waals surface area contributed by atoms with E-state index < -0.39 is 0 Å². The van der Waals surface area contributed by atoms with E-state index in [1.54, 1.807) is 7.05 Å². The summed E-state index contributed by atoms with van der Waals surface area (Å²) in [5, 5.41) is 5.52. The Bertz CT molecular complexity index is 164. The number of amides is 1. The van der Waals surface area contributed by atoms with Crippen molar-refractivity contribution in [3.63, 3.8) is 0 Å². The normalized spacial score (nSPS) is 12.2. The van der Waals surface area contributed by atoms with Crippen LogP contribution in [0.3, 0.4) is 0 Å². The van der Waals surface area contributed by atoms with Crippen LogP contribution in [0.2, 0.25) is 0 Å². The molecule has 0 aliphatic heterocycles. The maximum Gasteiger partial charge on any atom is 0.406 e. The van der Waals surface area contributed by atoms with E-state index in [9.17, 15) is 4.79 Å². The average Bonchev–Trinajstić information content (AvgIpc) is 2.19. The quantitative estimate of drug-likeness (QED) is 0.762. The molecule has 1 unspecified atom stereocenters. The molecule has 15 heavy (non-hydrogen) atoms. The van der Waals surface area contributed by atoms with Crippen molar-refractivity contribution in [2.75, 3.05) is 20.7 Å². The van der Waals surface area contributed by atoms with Gasteiger partial charge in [-0.3, -0.25) is 0 Å². The Balaban J connectivity index is 0. The van der Waals surface area contributed by atoms with Gasteiger partial charge in [-0.05, 0) is 12.5 Å². The van der Waals surface area contributed by atoms with Gasteiger partial charge in [-0.2, -0.15) is 0 Å². The van der Waals surface area contributed by atoms with Crippen LogP contribution >= 0.6 is 0 Å². The molecule has 4 nitrogen and oxygen atoms in total. The highest BCUT2D eigenvalue weighted by atomic mass is 16.5. The molecule has 1 atom stereocenters. The van der Waals surface area contributed by atoms with Crippen LogP contribution in [0.4, 0.5) is 4.79 Å². The summed E-state index contributed by atoms with van der Waals surface area (Å²) < 4.78 is 4.96. The van der Waals surface area contributed by atoms with Crippen molar-refractivity contribution >= 4 is 6.09 Å². The number of hydrogen-bond donors (Lipinski definition) is 2. The summed E-state index contributed by atoms with van der Waals surface area (Å²) in [6, 6.07) is 0.171. The van der Waals surface area contributed by atoms with Crippen molar-refractivity contribution in [3.05, 3.63) is 0 Å². The van der Waals surface area contributed by atoms with E-state index in [-0.39, 0.29) is 17.6 Å². The number of nitrogens with one attached hydrogen (secondary N) is 2. The average molecular weight is 218 g/mol. The lowest BCUT2D eigenvalue weighted by molar-refractivity contribution is 0.111. The molecule has 0 saturated carbocycles. The summed E-state index contributed by atoms with van der Waals surface area (Å²) >= 11 is 0. The molecule has 0 aromatic carbocycles. The summed E-state index contributed by atoms with van der Waals surface area (Å²) in [5.74, 6) is 0. The van der Waals surface area contributed by atoms with Gasteiger partial charge in [-0.25, -0.2) is 4.79 Å². The minimum Gasteiger partial charge on any atom is -0.448 e. The molecule has 0 aromatic heterocycles. The molecule has 0 heterocycles. The number of alkyl carbamates (subject to hydrolysis) is 1. The smallest absolute Gasteiger partial charge is 0.406 e. The van der Waals surface area contributed by atoms with E-state index >= 15 is 0 Å². The fraction of sp³-hybridized carbons (Fsp3) is 0.909. The Morgan fingerprint density at radius 3 is 2.00 bits per heavy atom. The lowest BCUT2D eigenvalue weighted by atomic mass is 9.87. The fourth-order valence-electron chi connectivity index (χ4n) is 0.998. The molecular weight excluding hydrogens is 192 g/mol.